The molecule has 0 bridgehead atoms. The maximum atomic E-state index is 6.14. The van der Waals surface area contributed by atoms with Gasteiger partial charge in [-0.15, -0.1) is 11.8 Å². The minimum absolute atomic E-state index is 0.379. The zero-order chi connectivity index (χ0) is 13.3. The lowest BCUT2D eigenvalue weighted by Crippen LogP contribution is -2.43. The van der Waals surface area contributed by atoms with Gasteiger partial charge in [-0.3, -0.25) is 0 Å². The third-order valence-corrected chi connectivity index (χ3v) is 4.58. The fourth-order valence-electron chi connectivity index (χ4n) is 1.97. The third kappa shape index (κ3) is 2.78. The molecular formula is C13H14ClN3OS. The van der Waals surface area contributed by atoms with E-state index in [2.05, 4.69) is 10.1 Å². The fourth-order valence-corrected chi connectivity index (χ4v) is 2.83. The summed E-state index contributed by atoms with van der Waals surface area (Å²) in [5.41, 5.74) is 5.76. The van der Waals surface area contributed by atoms with Crippen LogP contribution in [0.4, 0.5) is 0 Å². The molecule has 0 amide bonds. The van der Waals surface area contributed by atoms with Gasteiger partial charge in [0.2, 0.25) is 5.89 Å². The lowest BCUT2D eigenvalue weighted by Gasteiger charge is -2.33. The number of nitrogens with two attached hydrogens (primary N) is 1. The highest BCUT2D eigenvalue weighted by molar-refractivity contribution is 7.98. The third-order valence-electron chi connectivity index (χ3n) is 3.32. The second-order valence-electron chi connectivity index (χ2n) is 4.77. The molecule has 100 valence electrons. The highest BCUT2D eigenvalue weighted by Crippen LogP contribution is 2.37. The van der Waals surface area contributed by atoms with Crippen molar-refractivity contribution < 1.29 is 4.52 Å². The monoisotopic (exact) mass is 295 g/mol. The van der Waals surface area contributed by atoms with Gasteiger partial charge >= 0.3 is 0 Å². The largest absolute Gasteiger partial charge is 0.337 e. The Balaban J connectivity index is 1.63. The molecule has 0 spiro atoms. The number of benzene rings is 1. The summed E-state index contributed by atoms with van der Waals surface area (Å²) in [6.07, 6.45) is 2.99. The van der Waals surface area contributed by atoms with Crippen LogP contribution in [0.2, 0.25) is 5.02 Å². The molecule has 1 aliphatic rings. The second-order valence-corrected chi connectivity index (χ2v) is 6.25. The van der Waals surface area contributed by atoms with Crippen LogP contribution in [0.1, 0.15) is 31.0 Å². The van der Waals surface area contributed by atoms with Crippen molar-refractivity contribution in [1.82, 2.24) is 10.1 Å². The quantitative estimate of drug-likeness (QED) is 0.876. The Labute approximate surface area is 120 Å². The molecule has 2 N–H and O–H groups in total. The molecule has 1 fully saturated rings. The van der Waals surface area contributed by atoms with E-state index in [1.165, 1.54) is 0 Å². The molecule has 2 aromatic rings. The predicted octanol–water partition coefficient (Wildman–Crippen LogP) is 3.35. The molecule has 6 heteroatoms. The van der Waals surface area contributed by atoms with Crippen molar-refractivity contribution >= 4 is 23.4 Å². The van der Waals surface area contributed by atoms with Gasteiger partial charge in [0, 0.05) is 9.92 Å². The maximum Gasteiger partial charge on any atom is 0.246 e. The summed E-state index contributed by atoms with van der Waals surface area (Å²) in [5.74, 6) is 1.93. The van der Waals surface area contributed by atoms with Gasteiger partial charge in [-0.2, -0.15) is 4.98 Å². The molecule has 0 saturated heterocycles. The first-order valence-corrected chi connectivity index (χ1v) is 7.52. The van der Waals surface area contributed by atoms with Crippen LogP contribution in [0.3, 0.4) is 0 Å². The van der Waals surface area contributed by atoms with Crippen molar-refractivity contribution in [2.75, 3.05) is 0 Å². The van der Waals surface area contributed by atoms with Crippen molar-refractivity contribution in [2.24, 2.45) is 5.73 Å². The average Bonchev–Trinajstić information content (AvgIpc) is 2.84. The Kier molecular flexibility index (Phi) is 3.52. The number of thioether (sulfide) groups is 1. The van der Waals surface area contributed by atoms with E-state index in [0.29, 0.717) is 17.5 Å². The zero-order valence-electron chi connectivity index (χ0n) is 10.3. The molecule has 3 rings (SSSR count). The van der Waals surface area contributed by atoms with E-state index in [9.17, 15) is 0 Å². The molecule has 1 saturated carbocycles. The maximum absolute atomic E-state index is 6.14. The molecule has 19 heavy (non-hydrogen) atoms. The van der Waals surface area contributed by atoms with Crippen molar-refractivity contribution in [3.05, 3.63) is 41.0 Å². The number of hydrogen-bond donors (Lipinski definition) is 1. The standard InChI is InChI=1S/C13H14ClN3OS/c14-9-2-4-10(5-3-9)19-8-11-16-12(18-17-11)13(15)6-1-7-13/h2-5H,1,6-8,15H2. The van der Waals surface area contributed by atoms with Gasteiger partial charge in [-0.1, -0.05) is 16.8 Å². The first kappa shape index (κ1) is 13.0. The summed E-state index contributed by atoms with van der Waals surface area (Å²) in [6.45, 7) is 0. The van der Waals surface area contributed by atoms with E-state index in [0.717, 1.165) is 29.2 Å². The number of rotatable bonds is 4. The molecule has 0 radical (unpaired) electrons. The lowest BCUT2D eigenvalue weighted by atomic mass is 9.78. The molecule has 1 aromatic carbocycles. The second kappa shape index (κ2) is 5.15. The molecule has 0 aliphatic heterocycles. The van der Waals surface area contributed by atoms with Crippen LogP contribution in [0, 0.1) is 0 Å². The normalized spacial score (nSPS) is 17.2. The first-order valence-electron chi connectivity index (χ1n) is 6.16. The number of nitrogens with zero attached hydrogens (tertiary/aromatic N) is 2. The van der Waals surface area contributed by atoms with Crippen LogP contribution in [0.5, 0.6) is 0 Å². The van der Waals surface area contributed by atoms with E-state index in [1.807, 2.05) is 24.3 Å². The summed E-state index contributed by atoms with van der Waals surface area (Å²) < 4.78 is 5.26. The average molecular weight is 296 g/mol. The smallest absolute Gasteiger partial charge is 0.246 e. The first-order chi connectivity index (χ1) is 9.16. The van der Waals surface area contributed by atoms with Crippen molar-refractivity contribution in [2.45, 2.75) is 35.4 Å². The van der Waals surface area contributed by atoms with E-state index in [-0.39, 0.29) is 5.54 Å². The van der Waals surface area contributed by atoms with Crippen molar-refractivity contribution in [3.63, 3.8) is 0 Å². The number of aromatic nitrogens is 2. The summed E-state index contributed by atoms with van der Waals surface area (Å²) in [7, 11) is 0. The van der Waals surface area contributed by atoms with E-state index in [4.69, 9.17) is 21.9 Å². The van der Waals surface area contributed by atoms with Gasteiger partial charge in [0.15, 0.2) is 5.82 Å². The van der Waals surface area contributed by atoms with Crippen LogP contribution in [0.25, 0.3) is 0 Å². The summed E-state index contributed by atoms with van der Waals surface area (Å²) >= 11 is 7.49. The van der Waals surface area contributed by atoms with Gasteiger partial charge in [-0.05, 0) is 43.5 Å². The molecule has 4 nitrogen and oxygen atoms in total. The van der Waals surface area contributed by atoms with Crippen molar-refractivity contribution in [3.8, 4) is 0 Å². The van der Waals surface area contributed by atoms with Gasteiger partial charge in [-0.25, -0.2) is 0 Å². The highest BCUT2D eigenvalue weighted by Gasteiger charge is 2.39. The van der Waals surface area contributed by atoms with E-state index in [1.54, 1.807) is 11.8 Å². The zero-order valence-corrected chi connectivity index (χ0v) is 11.9. The van der Waals surface area contributed by atoms with Crippen molar-refractivity contribution in [1.29, 1.82) is 0 Å². The van der Waals surface area contributed by atoms with Gasteiger partial charge < -0.3 is 10.3 Å². The number of halogens is 1. The molecule has 1 heterocycles. The fraction of sp³-hybridized carbons (Fsp3) is 0.385. The van der Waals surface area contributed by atoms with Gasteiger partial charge in [0.25, 0.3) is 0 Å². The highest BCUT2D eigenvalue weighted by atomic mass is 35.5. The van der Waals surface area contributed by atoms with E-state index >= 15 is 0 Å². The number of hydrogen-bond acceptors (Lipinski definition) is 5. The lowest BCUT2D eigenvalue weighted by molar-refractivity contribution is 0.181. The Morgan fingerprint density at radius 3 is 2.68 bits per heavy atom. The van der Waals surface area contributed by atoms with E-state index < -0.39 is 0 Å². The SMILES string of the molecule is NC1(c2nc(CSc3ccc(Cl)cc3)no2)CCC1. The minimum Gasteiger partial charge on any atom is -0.337 e. The van der Waals surface area contributed by atoms with Gasteiger partial charge in [0.05, 0.1) is 11.3 Å². The van der Waals surface area contributed by atoms with Crippen LogP contribution in [-0.4, -0.2) is 10.1 Å². The Hall–Kier alpha value is -1.04. The Bertz CT molecular complexity index is 566. The molecular weight excluding hydrogens is 282 g/mol. The molecule has 1 aliphatic carbocycles. The summed E-state index contributed by atoms with van der Waals surface area (Å²) in [4.78, 5) is 5.51. The van der Waals surface area contributed by atoms with Crippen LogP contribution in [0.15, 0.2) is 33.7 Å². The van der Waals surface area contributed by atoms with Crippen LogP contribution < -0.4 is 5.73 Å². The summed E-state index contributed by atoms with van der Waals surface area (Å²) in [6, 6.07) is 7.69. The predicted molar refractivity (Wildman–Crippen MR) is 75.0 cm³/mol. The summed E-state index contributed by atoms with van der Waals surface area (Å²) in [5, 5.41) is 4.72. The Morgan fingerprint density at radius 2 is 2.05 bits per heavy atom. The van der Waals surface area contributed by atoms with Crippen LogP contribution >= 0.6 is 23.4 Å². The Morgan fingerprint density at radius 1 is 1.32 bits per heavy atom. The molecule has 0 atom stereocenters. The molecule has 1 aromatic heterocycles. The van der Waals surface area contributed by atoms with Gasteiger partial charge in [0.1, 0.15) is 0 Å². The minimum atomic E-state index is -0.379. The molecule has 0 unspecified atom stereocenters. The van der Waals surface area contributed by atoms with Crippen LogP contribution in [-0.2, 0) is 11.3 Å². The topological polar surface area (TPSA) is 64.9 Å².